The molecule has 2 aromatic heterocycles. The summed E-state index contributed by atoms with van der Waals surface area (Å²) in [6, 6.07) is 10.0. The van der Waals surface area contributed by atoms with Crippen LogP contribution < -0.4 is 0 Å². The summed E-state index contributed by atoms with van der Waals surface area (Å²) in [6.45, 7) is 0.331. The van der Waals surface area contributed by atoms with E-state index >= 15 is 0 Å². The van der Waals surface area contributed by atoms with Gasteiger partial charge in [-0.25, -0.2) is 9.18 Å². The van der Waals surface area contributed by atoms with Crippen LogP contribution in [0.15, 0.2) is 54.9 Å². The van der Waals surface area contributed by atoms with Gasteiger partial charge < -0.3 is 9.67 Å². The fourth-order valence-electron chi connectivity index (χ4n) is 2.60. The van der Waals surface area contributed by atoms with E-state index in [1.807, 2.05) is 4.57 Å². The van der Waals surface area contributed by atoms with Crippen LogP contribution >= 0.6 is 23.2 Å². The van der Waals surface area contributed by atoms with Crippen LogP contribution in [0.4, 0.5) is 4.39 Å². The Labute approximate surface area is 159 Å². The first-order valence-corrected chi connectivity index (χ1v) is 8.35. The van der Waals surface area contributed by atoms with Crippen LogP contribution in [0.1, 0.15) is 11.3 Å². The van der Waals surface area contributed by atoms with Crippen LogP contribution in [-0.2, 0) is 11.3 Å². The van der Waals surface area contributed by atoms with Crippen molar-refractivity contribution in [2.24, 2.45) is 0 Å². The largest absolute Gasteiger partial charge is 0.478 e. The highest BCUT2D eigenvalue weighted by molar-refractivity contribution is 6.33. The Kier molecular flexibility index (Phi) is 5.40. The Morgan fingerprint density at radius 1 is 1.19 bits per heavy atom. The first kappa shape index (κ1) is 18.2. The van der Waals surface area contributed by atoms with E-state index in [0.717, 1.165) is 17.8 Å². The molecule has 7 heteroatoms. The number of carboxylic acids is 1. The number of carboxylic acid groups (broad SMARTS) is 1. The van der Waals surface area contributed by atoms with Crippen LogP contribution in [0.5, 0.6) is 0 Å². The molecule has 0 saturated heterocycles. The molecule has 1 N–H and O–H groups in total. The molecule has 0 radical (unpaired) electrons. The van der Waals surface area contributed by atoms with Gasteiger partial charge in [0.2, 0.25) is 0 Å². The molecule has 0 atom stereocenters. The fourth-order valence-corrected chi connectivity index (χ4v) is 2.97. The number of halogens is 3. The van der Waals surface area contributed by atoms with Crippen molar-refractivity contribution in [1.29, 1.82) is 0 Å². The smallest absolute Gasteiger partial charge is 0.328 e. The SMILES string of the molecule is O=C(O)C=Cc1ccc(-c2cncc(F)c2)n1Cc1cc(Cl)ccc1Cl. The first-order chi connectivity index (χ1) is 12.4. The molecule has 4 nitrogen and oxygen atoms in total. The average molecular weight is 391 g/mol. The van der Waals surface area contributed by atoms with E-state index in [4.69, 9.17) is 28.3 Å². The molecule has 0 aliphatic carbocycles. The Morgan fingerprint density at radius 2 is 2.00 bits per heavy atom. The van der Waals surface area contributed by atoms with Crippen LogP contribution in [0.3, 0.4) is 0 Å². The standard InChI is InChI=1S/C19H13Cl2FN2O2/c20-14-1-4-17(21)13(7-14)11-24-16(3-6-19(25)26)2-5-18(24)12-8-15(22)10-23-9-12/h1-10H,11H2,(H,25,26). The van der Waals surface area contributed by atoms with Crippen molar-refractivity contribution >= 4 is 35.2 Å². The van der Waals surface area contributed by atoms with E-state index in [1.165, 1.54) is 12.1 Å². The van der Waals surface area contributed by atoms with E-state index in [0.29, 0.717) is 33.5 Å². The summed E-state index contributed by atoms with van der Waals surface area (Å²) in [5, 5.41) is 9.96. The van der Waals surface area contributed by atoms with Gasteiger partial charge in [-0.2, -0.15) is 0 Å². The minimum Gasteiger partial charge on any atom is -0.478 e. The predicted octanol–water partition coefficient (Wildman–Crippen LogP) is 5.14. The molecule has 1 aromatic carbocycles. The zero-order valence-electron chi connectivity index (χ0n) is 13.4. The Bertz CT molecular complexity index is 999. The van der Waals surface area contributed by atoms with Crippen LogP contribution in [0.25, 0.3) is 17.3 Å². The van der Waals surface area contributed by atoms with Crippen molar-refractivity contribution in [1.82, 2.24) is 9.55 Å². The molecule has 0 amide bonds. The number of aliphatic carboxylic acids is 1. The molecular formula is C19H13Cl2FN2O2. The number of pyridine rings is 1. The predicted molar refractivity (Wildman–Crippen MR) is 99.9 cm³/mol. The molecule has 0 saturated carbocycles. The van der Waals surface area contributed by atoms with Gasteiger partial charge in [-0.15, -0.1) is 0 Å². The minimum atomic E-state index is -1.06. The number of carbonyl (C=O) groups is 1. The summed E-state index contributed by atoms with van der Waals surface area (Å²) in [7, 11) is 0. The third-order valence-corrected chi connectivity index (χ3v) is 4.35. The summed E-state index contributed by atoms with van der Waals surface area (Å²) < 4.78 is 15.4. The van der Waals surface area contributed by atoms with E-state index in [1.54, 1.807) is 36.5 Å². The minimum absolute atomic E-state index is 0.331. The van der Waals surface area contributed by atoms with E-state index in [9.17, 15) is 9.18 Å². The van der Waals surface area contributed by atoms with Gasteiger partial charge in [0.25, 0.3) is 0 Å². The highest BCUT2D eigenvalue weighted by Crippen LogP contribution is 2.28. The van der Waals surface area contributed by atoms with E-state index in [2.05, 4.69) is 4.98 Å². The molecule has 0 unspecified atom stereocenters. The average Bonchev–Trinajstić information content (AvgIpc) is 2.99. The van der Waals surface area contributed by atoms with Crippen molar-refractivity contribution in [2.45, 2.75) is 6.54 Å². The van der Waals surface area contributed by atoms with Crippen LogP contribution in [-0.4, -0.2) is 20.6 Å². The van der Waals surface area contributed by atoms with E-state index in [-0.39, 0.29) is 0 Å². The van der Waals surface area contributed by atoms with Crippen LogP contribution in [0, 0.1) is 5.82 Å². The van der Waals surface area contributed by atoms with Gasteiger partial charge in [-0.1, -0.05) is 23.2 Å². The third-order valence-electron chi connectivity index (χ3n) is 3.75. The lowest BCUT2D eigenvalue weighted by Crippen LogP contribution is -2.05. The third kappa shape index (κ3) is 4.12. The number of hydrogen-bond donors (Lipinski definition) is 1. The Morgan fingerprint density at radius 3 is 2.73 bits per heavy atom. The number of rotatable bonds is 5. The van der Waals surface area contributed by atoms with Gasteiger partial charge in [0, 0.05) is 40.1 Å². The monoisotopic (exact) mass is 390 g/mol. The molecular weight excluding hydrogens is 378 g/mol. The maximum atomic E-state index is 13.6. The molecule has 132 valence electrons. The zero-order chi connectivity index (χ0) is 18.7. The quantitative estimate of drug-likeness (QED) is 0.613. The molecule has 0 bridgehead atoms. The Balaban J connectivity index is 2.11. The fraction of sp³-hybridized carbons (Fsp3) is 0.0526. The molecule has 26 heavy (non-hydrogen) atoms. The summed E-state index contributed by atoms with van der Waals surface area (Å²) in [5.41, 5.74) is 2.63. The zero-order valence-corrected chi connectivity index (χ0v) is 14.9. The number of nitrogens with zero attached hydrogens (tertiary/aromatic N) is 2. The number of benzene rings is 1. The number of aromatic nitrogens is 2. The van der Waals surface area contributed by atoms with Crippen molar-refractivity contribution in [3.05, 3.63) is 82.0 Å². The molecule has 0 spiro atoms. The molecule has 3 aromatic rings. The Hall–Kier alpha value is -2.63. The lowest BCUT2D eigenvalue weighted by molar-refractivity contribution is -0.131. The summed E-state index contributed by atoms with van der Waals surface area (Å²) in [4.78, 5) is 14.7. The van der Waals surface area contributed by atoms with Crippen LogP contribution in [0.2, 0.25) is 10.0 Å². The molecule has 0 aliphatic heterocycles. The van der Waals surface area contributed by atoms with Crippen molar-refractivity contribution in [3.8, 4) is 11.3 Å². The summed E-state index contributed by atoms with van der Waals surface area (Å²) in [5.74, 6) is -1.52. The molecule has 0 fully saturated rings. The topological polar surface area (TPSA) is 55.1 Å². The van der Waals surface area contributed by atoms with Gasteiger partial charge in [-0.05, 0) is 48.0 Å². The van der Waals surface area contributed by atoms with Gasteiger partial charge in [0.05, 0.1) is 11.9 Å². The van der Waals surface area contributed by atoms with Gasteiger partial charge in [-0.3, -0.25) is 4.98 Å². The van der Waals surface area contributed by atoms with Crippen molar-refractivity contribution < 1.29 is 14.3 Å². The molecule has 2 heterocycles. The lowest BCUT2D eigenvalue weighted by atomic mass is 10.2. The first-order valence-electron chi connectivity index (χ1n) is 7.59. The van der Waals surface area contributed by atoms with E-state index < -0.39 is 11.8 Å². The number of hydrogen-bond acceptors (Lipinski definition) is 2. The second kappa shape index (κ2) is 7.72. The van der Waals surface area contributed by atoms with Crippen molar-refractivity contribution in [2.75, 3.05) is 0 Å². The summed E-state index contributed by atoms with van der Waals surface area (Å²) >= 11 is 12.3. The van der Waals surface area contributed by atoms with Gasteiger partial charge >= 0.3 is 5.97 Å². The molecule has 0 aliphatic rings. The maximum absolute atomic E-state index is 13.6. The van der Waals surface area contributed by atoms with Gasteiger partial charge in [0.1, 0.15) is 5.82 Å². The van der Waals surface area contributed by atoms with Crippen molar-refractivity contribution in [3.63, 3.8) is 0 Å². The maximum Gasteiger partial charge on any atom is 0.328 e. The summed E-state index contributed by atoms with van der Waals surface area (Å²) in [6.07, 6.45) is 5.17. The lowest BCUT2D eigenvalue weighted by Gasteiger charge is -2.14. The van der Waals surface area contributed by atoms with Gasteiger partial charge in [0.15, 0.2) is 0 Å². The second-order valence-electron chi connectivity index (χ2n) is 5.53. The second-order valence-corrected chi connectivity index (χ2v) is 6.37. The molecule has 3 rings (SSSR count). The highest BCUT2D eigenvalue weighted by Gasteiger charge is 2.12. The normalized spacial score (nSPS) is 11.2. The highest BCUT2D eigenvalue weighted by atomic mass is 35.5.